The van der Waals surface area contributed by atoms with Gasteiger partial charge in [-0.2, -0.15) is 0 Å². The maximum atomic E-state index is 12.8. The molecule has 0 atom stereocenters. The zero-order valence-electron chi connectivity index (χ0n) is 15.7. The number of nitrogens with zero attached hydrogens (tertiary/aromatic N) is 4. The van der Waals surface area contributed by atoms with Gasteiger partial charge in [-0.3, -0.25) is 9.78 Å². The van der Waals surface area contributed by atoms with E-state index in [1.807, 2.05) is 42.5 Å². The van der Waals surface area contributed by atoms with E-state index in [2.05, 4.69) is 20.2 Å². The predicted octanol–water partition coefficient (Wildman–Crippen LogP) is 3.46. The summed E-state index contributed by atoms with van der Waals surface area (Å²) < 4.78 is 0. The number of carbonyl (C=O) groups excluding carboxylic acids is 1. The van der Waals surface area contributed by atoms with Crippen molar-refractivity contribution < 1.29 is 4.79 Å². The van der Waals surface area contributed by atoms with Crippen molar-refractivity contribution >= 4 is 11.7 Å². The molecule has 1 aliphatic rings. The van der Waals surface area contributed by atoms with Crippen molar-refractivity contribution in [2.24, 2.45) is 0 Å². The first kappa shape index (κ1) is 18.1. The summed E-state index contributed by atoms with van der Waals surface area (Å²) in [7, 11) is 0. The van der Waals surface area contributed by atoms with Crippen LogP contribution in [-0.4, -0.2) is 33.9 Å². The van der Waals surface area contributed by atoms with E-state index in [9.17, 15) is 4.79 Å². The molecule has 142 valence electrons. The second-order valence-electron chi connectivity index (χ2n) is 6.89. The summed E-state index contributed by atoms with van der Waals surface area (Å²) >= 11 is 0. The number of aromatic nitrogens is 3. The van der Waals surface area contributed by atoms with Crippen molar-refractivity contribution in [1.82, 2.24) is 20.3 Å². The minimum atomic E-state index is -0.199. The van der Waals surface area contributed by atoms with Crippen LogP contribution in [0.2, 0.25) is 0 Å². The molecule has 0 bridgehead atoms. The Morgan fingerprint density at radius 2 is 1.71 bits per heavy atom. The first-order valence-electron chi connectivity index (χ1n) is 9.66. The molecule has 6 heteroatoms. The van der Waals surface area contributed by atoms with Crippen LogP contribution in [0.4, 0.5) is 5.82 Å². The molecule has 1 saturated heterocycles. The predicted molar refractivity (Wildman–Crippen MR) is 109 cm³/mol. The molecular formula is C22H23N5O. The lowest BCUT2D eigenvalue weighted by atomic mass is 10.1. The van der Waals surface area contributed by atoms with Crippen molar-refractivity contribution in [2.75, 3.05) is 18.0 Å². The highest BCUT2D eigenvalue weighted by Gasteiger charge is 2.18. The fourth-order valence-corrected chi connectivity index (χ4v) is 3.33. The van der Waals surface area contributed by atoms with Crippen LogP contribution in [0, 0.1) is 0 Å². The fourth-order valence-electron chi connectivity index (χ4n) is 3.33. The Kier molecular flexibility index (Phi) is 5.56. The molecule has 1 aliphatic heterocycles. The highest BCUT2D eigenvalue weighted by molar-refractivity contribution is 5.93. The van der Waals surface area contributed by atoms with Crippen LogP contribution in [0.3, 0.4) is 0 Å². The van der Waals surface area contributed by atoms with Crippen molar-refractivity contribution in [1.29, 1.82) is 0 Å². The normalized spacial score (nSPS) is 13.9. The molecule has 2 aromatic heterocycles. The molecule has 3 aromatic rings. The summed E-state index contributed by atoms with van der Waals surface area (Å²) in [6.45, 7) is 2.36. The summed E-state index contributed by atoms with van der Waals surface area (Å²) in [6, 6.07) is 15.4. The quantitative estimate of drug-likeness (QED) is 0.742. The summed E-state index contributed by atoms with van der Waals surface area (Å²) in [5.41, 5.74) is 2.30. The number of carbonyl (C=O) groups is 1. The van der Waals surface area contributed by atoms with Gasteiger partial charge in [0.2, 0.25) is 0 Å². The highest BCUT2D eigenvalue weighted by atomic mass is 16.1. The van der Waals surface area contributed by atoms with Gasteiger partial charge in [0.1, 0.15) is 11.5 Å². The third kappa shape index (κ3) is 4.34. The summed E-state index contributed by atoms with van der Waals surface area (Å²) in [4.78, 5) is 28.4. The van der Waals surface area contributed by atoms with E-state index in [0.29, 0.717) is 18.1 Å². The van der Waals surface area contributed by atoms with E-state index in [4.69, 9.17) is 4.98 Å². The molecule has 0 aliphatic carbocycles. The van der Waals surface area contributed by atoms with E-state index < -0.39 is 0 Å². The first-order chi connectivity index (χ1) is 13.8. The zero-order chi connectivity index (χ0) is 19.2. The van der Waals surface area contributed by atoms with Crippen molar-refractivity contribution in [3.63, 3.8) is 0 Å². The fraction of sp³-hybridized carbons (Fsp3) is 0.273. The topological polar surface area (TPSA) is 71.0 Å². The van der Waals surface area contributed by atoms with Gasteiger partial charge >= 0.3 is 0 Å². The van der Waals surface area contributed by atoms with Gasteiger partial charge in [-0.15, -0.1) is 0 Å². The molecule has 0 unspecified atom stereocenters. The molecule has 0 spiro atoms. The largest absolute Gasteiger partial charge is 0.356 e. The Labute approximate surface area is 164 Å². The Hall–Kier alpha value is -3.28. The van der Waals surface area contributed by atoms with Gasteiger partial charge in [-0.05, 0) is 37.0 Å². The SMILES string of the molecule is O=C(NCc1ccncc1)c1cc(N2CCCCC2)nc(-c2ccccc2)n1. The minimum Gasteiger partial charge on any atom is -0.356 e. The third-order valence-electron chi connectivity index (χ3n) is 4.86. The van der Waals surface area contributed by atoms with Gasteiger partial charge in [0.15, 0.2) is 5.82 Å². The zero-order valence-corrected chi connectivity index (χ0v) is 15.7. The number of hydrogen-bond donors (Lipinski definition) is 1. The lowest BCUT2D eigenvalue weighted by molar-refractivity contribution is 0.0946. The molecule has 0 radical (unpaired) electrons. The second-order valence-corrected chi connectivity index (χ2v) is 6.89. The van der Waals surface area contributed by atoms with Crippen LogP contribution < -0.4 is 10.2 Å². The van der Waals surface area contributed by atoms with E-state index in [0.717, 1.165) is 42.9 Å². The minimum absolute atomic E-state index is 0.199. The van der Waals surface area contributed by atoms with Crippen LogP contribution in [0.25, 0.3) is 11.4 Å². The average molecular weight is 373 g/mol. The Morgan fingerprint density at radius 1 is 0.964 bits per heavy atom. The summed E-state index contributed by atoms with van der Waals surface area (Å²) in [5.74, 6) is 1.20. The number of rotatable bonds is 5. The Balaban J connectivity index is 1.62. The van der Waals surface area contributed by atoms with Crippen LogP contribution in [0.1, 0.15) is 35.3 Å². The standard InChI is InChI=1S/C22H23N5O/c28-22(24-16-17-9-11-23-12-10-17)19-15-20(27-13-5-2-6-14-27)26-21(25-19)18-7-3-1-4-8-18/h1,3-4,7-12,15H,2,5-6,13-14,16H2,(H,24,28). The second kappa shape index (κ2) is 8.61. The number of pyridine rings is 1. The van der Waals surface area contributed by atoms with Crippen molar-refractivity contribution in [3.8, 4) is 11.4 Å². The van der Waals surface area contributed by atoms with E-state index in [1.165, 1.54) is 6.42 Å². The van der Waals surface area contributed by atoms with E-state index >= 15 is 0 Å². The van der Waals surface area contributed by atoms with Crippen LogP contribution >= 0.6 is 0 Å². The summed E-state index contributed by atoms with van der Waals surface area (Å²) in [5, 5.41) is 2.95. The Morgan fingerprint density at radius 3 is 2.46 bits per heavy atom. The molecule has 3 heterocycles. The van der Waals surface area contributed by atoms with Gasteiger partial charge in [0, 0.05) is 43.7 Å². The summed E-state index contributed by atoms with van der Waals surface area (Å²) in [6.07, 6.45) is 6.97. The van der Waals surface area contributed by atoms with Gasteiger partial charge < -0.3 is 10.2 Å². The lowest BCUT2D eigenvalue weighted by Gasteiger charge is -2.28. The number of anilines is 1. The molecule has 6 nitrogen and oxygen atoms in total. The highest BCUT2D eigenvalue weighted by Crippen LogP contribution is 2.23. The molecule has 4 rings (SSSR count). The van der Waals surface area contributed by atoms with E-state index in [-0.39, 0.29) is 5.91 Å². The smallest absolute Gasteiger partial charge is 0.270 e. The molecule has 28 heavy (non-hydrogen) atoms. The van der Waals surface area contributed by atoms with Crippen LogP contribution in [0.5, 0.6) is 0 Å². The number of nitrogens with one attached hydrogen (secondary N) is 1. The van der Waals surface area contributed by atoms with Crippen LogP contribution in [-0.2, 0) is 6.54 Å². The first-order valence-corrected chi connectivity index (χ1v) is 9.66. The molecule has 1 fully saturated rings. The number of piperidine rings is 1. The molecule has 0 saturated carbocycles. The van der Waals surface area contributed by atoms with Gasteiger partial charge in [0.25, 0.3) is 5.91 Å². The number of amides is 1. The molecule has 1 amide bonds. The maximum absolute atomic E-state index is 12.8. The molecule has 1 aromatic carbocycles. The number of benzene rings is 1. The van der Waals surface area contributed by atoms with Crippen LogP contribution in [0.15, 0.2) is 60.9 Å². The number of hydrogen-bond acceptors (Lipinski definition) is 5. The maximum Gasteiger partial charge on any atom is 0.270 e. The van der Waals surface area contributed by atoms with Gasteiger partial charge in [-0.25, -0.2) is 9.97 Å². The van der Waals surface area contributed by atoms with Gasteiger partial charge in [0.05, 0.1) is 0 Å². The third-order valence-corrected chi connectivity index (χ3v) is 4.86. The van der Waals surface area contributed by atoms with Crippen molar-refractivity contribution in [3.05, 3.63) is 72.2 Å². The van der Waals surface area contributed by atoms with Gasteiger partial charge in [-0.1, -0.05) is 30.3 Å². The lowest BCUT2D eigenvalue weighted by Crippen LogP contribution is -2.31. The molecule has 1 N–H and O–H groups in total. The van der Waals surface area contributed by atoms with Crippen molar-refractivity contribution in [2.45, 2.75) is 25.8 Å². The monoisotopic (exact) mass is 373 g/mol. The Bertz CT molecular complexity index is 924. The molecular weight excluding hydrogens is 350 g/mol. The average Bonchev–Trinajstić information content (AvgIpc) is 2.79. The van der Waals surface area contributed by atoms with E-state index in [1.54, 1.807) is 18.5 Å².